The Labute approximate surface area is 219 Å². The predicted octanol–water partition coefficient (Wildman–Crippen LogP) is 2.77. The molecule has 8 nitrogen and oxygen atoms in total. The van der Waals surface area contributed by atoms with E-state index in [1.165, 1.54) is 18.2 Å². The molecule has 2 aliphatic rings. The number of para-hydroxylation sites is 1. The van der Waals surface area contributed by atoms with Crippen molar-refractivity contribution in [1.29, 1.82) is 0 Å². The number of rotatable bonds is 6. The first-order chi connectivity index (χ1) is 17.9. The number of benzene rings is 2. The molecule has 0 bridgehead atoms. The minimum absolute atomic E-state index is 0.0224. The van der Waals surface area contributed by atoms with Gasteiger partial charge in [-0.05, 0) is 24.3 Å². The first kappa shape index (κ1) is 25.5. The number of hydrogen-bond donors (Lipinski definition) is 2. The van der Waals surface area contributed by atoms with E-state index >= 15 is 0 Å². The SMILES string of the molecule is O=C(CN1CCc2nc3ccccc3c(C(=O)N3CCN(CCO)CC3)c2C1)Nc1ccc(F)c(Cl)c1. The minimum atomic E-state index is -0.543. The quantitative estimate of drug-likeness (QED) is 0.514. The van der Waals surface area contributed by atoms with Crippen LogP contribution < -0.4 is 5.32 Å². The summed E-state index contributed by atoms with van der Waals surface area (Å²) in [5, 5.41) is 12.8. The summed E-state index contributed by atoms with van der Waals surface area (Å²) in [5.41, 5.74) is 3.64. The number of nitrogens with zero attached hydrogens (tertiary/aromatic N) is 4. The van der Waals surface area contributed by atoms with Crippen LogP contribution in [0.1, 0.15) is 21.6 Å². The number of aliphatic hydroxyl groups is 1. The normalized spacial score (nSPS) is 16.6. The second kappa shape index (κ2) is 11.1. The van der Waals surface area contributed by atoms with Gasteiger partial charge in [0.25, 0.3) is 5.91 Å². The number of halogens is 2. The van der Waals surface area contributed by atoms with Gasteiger partial charge in [0.05, 0.1) is 29.3 Å². The van der Waals surface area contributed by atoms with E-state index in [2.05, 4.69) is 10.2 Å². The van der Waals surface area contributed by atoms with Crippen molar-refractivity contribution in [3.8, 4) is 0 Å². The predicted molar refractivity (Wildman–Crippen MR) is 140 cm³/mol. The highest BCUT2D eigenvalue weighted by Crippen LogP contribution is 2.30. The van der Waals surface area contributed by atoms with E-state index in [1.807, 2.05) is 34.1 Å². The smallest absolute Gasteiger partial charge is 0.255 e. The van der Waals surface area contributed by atoms with Crippen LogP contribution in [-0.4, -0.2) is 89.0 Å². The first-order valence-corrected chi connectivity index (χ1v) is 12.8. The summed E-state index contributed by atoms with van der Waals surface area (Å²) in [6, 6.07) is 11.8. The average Bonchev–Trinajstić information content (AvgIpc) is 2.90. The third-order valence-electron chi connectivity index (χ3n) is 6.99. The Hall–Kier alpha value is -3.11. The highest BCUT2D eigenvalue weighted by atomic mass is 35.5. The molecule has 3 aromatic rings. The maximum atomic E-state index is 13.9. The molecule has 37 heavy (non-hydrogen) atoms. The van der Waals surface area contributed by atoms with Crippen molar-refractivity contribution in [2.45, 2.75) is 13.0 Å². The van der Waals surface area contributed by atoms with E-state index in [-0.39, 0.29) is 30.0 Å². The Kier molecular flexibility index (Phi) is 7.66. The zero-order chi connectivity index (χ0) is 25.9. The first-order valence-electron chi connectivity index (χ1n) is 12.4. The second-order valence-corrected chi connectivity index (χ2v) is 9.83. The van der Waals surface area contributed by atoms with Crippen LogP contribution in [0.15, 0.2) is 42.5 Å². The Morgan fingerprint density at radius 2 is 1.84 bits per heavy atom. The van der Waals surface area contributed by atoms with Gasteiger partial charge in [-0.15, -0.1) is 0 Å². The fraction of sp³-hybridized carbons (Fsp3) is 0.370. The molecule has 2 N–H and O–H groups in total. The van der Waals surface area contributed by atoms with Gasteiger partial charge in [-0.3, -0.25) is 24.4 Å². The largest absolute Gasteiger partial charge is 0.395 e. The number of piperazine rings is 1. The topological polar surface area (TPSA) is 89.0 Å². The molecule has 10 heteroatoms. The third kappa shape index (κ3) is 5.60. The number of carbonyl (C=O) groups excluding carboxylic acids is 2. The van der Waals surface area contributed by atoms with Gasteiger partial charge < -0.3 is 15.3 Å². The molecule has 1 fully saturated rings. The zero-order valence-electron chi connectivity index (χ0n) is 20.4. The van der Waals surface area contributed by atoms with Crippen LogP contribution in [-0.2, 0) is 17.8 Å². The Bertz CT molecular complexity index is 1330. The van der Waals surface area contributed by atoms with Crippen molar-refractivity contribution in [2.75, 3.05) is 57.7 Å². The molecule has 1 saturated heterocycles. The van der Waals surface area contributed by atoms with E-state index in [1.54, 1.807) is 0 Å². The fourth-order valence-electron chi connectivity index (χ4n) is 5.08. The fourth-order valence-corrected chi connectivity index (χ4v) is 5.26. The maximum Gasteiger partial charge on any atom is 0.255 e. The van der Waals surface area contributed by atoms with Crippen molar-refractivity contribution in [2.24, 2.45) is 0 Å². The molecule has 1 aromatic heterocycles. The summed E-state index contributed by atoms with van der Waals surface area (Å²) in [6.45, 7) is 4.51. The van der Waals surface area contributed by atoms with Crippen LogP contribution in [0.5, 0.6) is 0 Å². The van der Waals surface area contributed by atoms with Gasteiger partial charge in [-0.2, -0.15) is 0 Å². The number of β-amino-alcohol motifs (C(OH)–C–C–N with tert-alkyl or cyclic N) is 1. The summed E-state index contributed by atoms with van der Waals surface area (Å²) in [6.07, 6.45) is 0.625. The number of carbonyl (C=O) groups is 2. The van der Waals surface area contributed by atoms with Gasteiger partial charge >= 0.3 is 0 Å². The maximum absolute atomic E-state index is 13.9. The summed E-state index contributed by atoms with van der Waals surface area (Å²) >= 11 is 5.83. The van der Waals surface area contributed by atoms with E-state index in [4.69, 9.17) is 16.6 Å². The lowest BCUT2D eigenvalue weighted by Gasteiger charge is -2.36. The molecule has 2 aliphatic heterocycles. The molecule has 0 radical (unpaired) electrons. The van der Waals surface area contributed by atoms with Crippen molar-refractivity contribution >= 4 is 40.0 Å². The van der Waals surface area contributed by atoms with Crippen LogP contribution in [0.25, 0.3) is 10.9 Å². The highest BCUT2D eigenvalue weighted by Gasteiger charge is 2.30. The van der Waals surface area contributed by atoms with Crippen molar-refractivity contribution in [3.05, 3.63) is 70.1 Å². The van der Waals surface area contributed by atoms with Gasteiger partial charge in [-0.25, -0.2) is 4.39 Å². The molecule has 0 saturated carbocycles. The molecule has 0 unspecified atom stereocenters. The Morgan fingerprint density at radius 1 is 1.05 bits per heavy atom. The van der Waals surface area contributed by atoms with Gasteiger partial charge in [-0.1, -0.05) is 29.8 Å². The molecule has 0 atom stereocenters. The highest BCUT2D eigenvalue weighted by molar-refractivity contribution is 6.31. The van der Waals surface area contributed by atoms with Crippen LogP contribution in [0, 0.1) is 5.82 Å². The standard InChI is InChI=1S/C27H29ClFN5O3/c28-21-15-18(5-6-22(21)29)30-25(36)17-33-8-7-24-20(16-33)26(19-3-1-2-4-23(19)31-24)27(37)34-11-9-32(10-12-34)13-14-35/h1-6,15,35H,7-14,16-17H2,(H,30,36). The molecule has 0 spiro atoms. The lowest BCUT2D eigenvalue weighted by atomic mass is 9.94. The van der Waals surface area contributed by atoms with Crippen LogP contribution in [0.3, 0.4) is 0 Å². The van der Waals surface area contributed by atoms with Gasteiger partial charge in [0.1, 0.15) is 5.82 Å². The van der Waals surface area contributed by atoms with Crippen molar-refractivity contribution in [3.63, 3.8) is 0 Å². The minimum Gasteiger partial charge on any atom is -0.395 e. The number of aliphatic hydroxyl groups excluding tert-OH is 1. The van der Waals surface area contributed by atoms with Gasteiger partial charge in [0.15, 0.2) is 0 Å². The number of hydrogen-bond acceptors (Lipinski definition) is 6. The number of fused-ring (bicyclic) bond motifs is 2. The molecule has 2 amide bonds. The van der Waals surface area contributed by atoms with E-state index in [9.17, 15) is 19.1 Å². The number of nitrogens with one attached hydrogen (secondary N) is 1. The van der Waals surface area contributed by atoms with Crippen molar-refractivity contribution in [1.82, 2.24) is 19.7 Å². The summed E-state index contributed by atoms with van der Waals surface area (Å²) in [5.74, 6) is -0.808. The van der Waals surface area contributed by atoms with Crippen LogP contribution in [0.2, 0.25) is 5.02 Å². The molecule has 194 valence electrons. The molecular formula is C27H29ClFN5O3. The Morgan fingerprint density at radius 3 is 2.59 bits per heavy atom. The number of aromatic nitrogens is 1. The summed E-state index contributed by atoms with van der Waals surface area (Å²) < 4.78 is 13.4. The average molecular weight is 526 g/mol. The lowest BCUT2D eigenvalue weighted by molar-refractivity contribution is -0.117. The number of amides is 2. The third-order valence-corrected chi connectivity index (χ3v) is 7.28. The Balaban J connectivity index is 1.37. The van der Waals surface area contributed by atoms with E-state index in [0.29, 0.717) is 50.4 Å². The lowest BCUT2D eigenvalue weighted by Crippen LogP contribution is -2.49. The second-order valence-electron chi connectivity index (χ2n) is 9.42. The van der Waals surface area contributed by atoms with Gasteiger partial charge in [0.2, 0.25) is 5.91 Å². The number of pyridine rings is 1. The zero-order valence-corrected chi connectivity index (χ0v) is 21.2. The van der Waals surface area contributed by atoms with Crippen LogP contribution in [0.4, 0.5) is 10.1 Å². The van der Waals surface area contributed by atoms with Crippen molar-refractivity contribution < 1.29 is 19.1 Å². The number of anilines is 1. The molecular weight excluding hydrogens is 497 g/mol. The van der Waals surface area contributed by atoms with E-state index in [0.717, 1.165) is 35.2 Å². The molecule has 3 heterocycles. The van der Waals surface area contributed by atoms with E-state index < -0.39 is 5.82 Å². The molecule has 2 aromatic carbocycles. The summed E-state index contributed by atoms with van der Waals surface area (Å²) in [7, 11) is 0. The molecule has 5 rings (SSSR count). The van der Waals surface area contributed by atoms with Gasteiger partial charge in [0, 0.05) is 74.6 Å². The summed E-state index contributed by atoms with van der Waals surface area (Å²) in [4.78, 5) is 37.5. The van der Waals surface area contributed by atoms with Crippen LogP contribution >= 0.6 is 11.6 Å². The monoisotopic (exact) mass is 525 g/mol. The molecule has 0 aliphatic carbocycles.